The van der Waals surface area contributed by atoms with Crippen molar-refractivity contribution in [2.45, 2.75) is 38.8 Å². The van der Waals surface area contributed by atoms with Crippen LogP contribution in [-0.2, 0) is 19.6 Å². The highest BCUT2D eigenvalue weighted by Crippen LogP contribution is 2.08. The van der Waals surface area contributed by atoms with Crippen molar-refractivity contribution in [3.63, 3.8) is 0 Å². The summed E-state index contributed by atoms with van der Waals surface area (Å²) in [5.74, 6) is 0.829. The van der Waals surface area contributed by atoms with Gasteiger partial charge in [0.25, 0.3) is 0 Å². The van der Waals surface area contributed by atoms with Crippen LogP contribution in [0.25, 0.3) is 0 Å². The molecule has 1 saturated heterocycles. The normalized spacial score (nSPS) is 18.8. The quantitative estimate of drug-likeness (QED) is 0.544. The van der Waals surface area contributed by atoms with Gasteiger partial charge in [0, 0.05) is 13.5 Å². The predicted octanol–water partition coefficient (Wildman–Crippen LogP) is 2.47. The molecule has 148 valence electrons. The smallest absolute Gasteiger partial charge is 0.180 e. The number of hydrogen-bond acceptors (Lipinski definition) is 7. The van der Waals surface area contributed by atoms with E-state index in [2.05, 4.69) is 30.8 Å². The largest absolute Gasteiger partial charge is 0.744 e. The summed E-state index contributed by atoms with van der Waals surface area (Å²) in [6, 6.07) is 5.78. The molecule has 2 aliphatic heterocycles. The first-order valence-corrected chi connectivity index (χ1v) is 9.80. The summed E-state index contributed by atoms with van der Waals surface area (Å²) in [6.07, 6.45) is 0.347. The predicted molar refractivity (Wildman–Crippen MR) is 102 cm³/mol. The number of aryl methyl sites for hydroxylation is 1. The third-order valence-electron chi connectivity index (χ3n) is 3.47. The molecule has 2 heterocycles. The van der Waals surface area contributed by atoms with Crippen LogP contribution < -0.4 is 0 Å². The average molecular weight is 387 g/mol. The van der Waals surface area contributed by atoms with E-state index in [0.717, 1.165) is 37.8 Å². The molecular weight excluding hydrogens is 356 g/mol. The van der Waals surface area contributed by atoms with Crippen LogP contribution in [0.2, 0.25) is 0 Å². The molecule has 26 heavy (non-hydrogen) atoms. The Labute approximate surface area is 157 Å². The summed E-state index contributed by atoms with van der Waals surface area (Å²) in [5, 5.41) is 0. The molecule has 1 atom stereocenters. The molecule has 0 radical (unpaired) electrons. The second kappa shape index (κ2) is 12.7. The second-order valence-corrected chi connectivity index (χ2v) is 6.85. The number of rotatable bonds is 1. The molecule has 8 heteroatoms. The molecule has 0 saturated carbocycles. The van der Waals surface area contributed by atoms with Gasteiger partial charge in [-0.15, -0.1) is 0 Å². The minimum Gasteiger partial charge on any atom is -0.744 e. The molecule has 0 N–H and O–H groups in total. The highest BCUT2D eigenvalue weighted by molar-refractivity contribution is 7.85. The third-order valence-corrected chi connectivity index (χ3v) is 4.32. The lowest BCUT2D eigenvalue weighted by atomic mass is 10.2. The van der Waals surface area contributed by atoms with Crippen molar-refractivity contribution in [3.05, 3.63) is 36.8 Å². The van der Waals surface area contributed by atoms with E-state index >= 15 is 0 Å². The SMILES string of the molecule is CC1=NCCO1.CC1OCCN1C.Cc1ccc(S(=O)(=O)[O-])cc1.[CH2+]C. The summed E-state index contributed by atoms with van der Waals surface area (Å²) in [6.45, 7) is 14.4. The van der Waals surface area contributed by atoms with E-state index in [0.29, 0.717) is 6.23 Å². The van der Waals surface area contributed by atoms with E-state index in [1.165, 1.54) is 12.1 Å². The van der Waals surface area contributed by atoms with Crippen molar-refractivity contribution in [3.8, 4) is 0 Å². The van der Waals surface area contributed by atoms with Crippen LogP contribution in [0.15, 0.2) is 34.2 Å². The number of likely N-dealkylation sites (N-methyl/N-ethyl adjacent to an activating group) is 1. The van der Waals surface area contributed by atoms with Crippen molar-refractivity contribution >= 4 is 16.0 Å². The number of aliphatic imine (C=N–C) groups is 1. The fourth-order valence-corrected chi connectivity index (χ4v) is 2.29. The third kappa shape index (κ3) is 10.4. The molecule has 1 aromatic carbocycles. The molecule has 3 rings (SSSR count). The van der Waals surface area contributed by atoms with Gasteiger partial charge in [0.2, 0.25) is 0 Å². The van der Waals surface area contributed by atoms with Crippen LogP contribution in [0.1, 0.15) is 26.3 Å². The Morgan fingerprint density at radius 1 is 1.19 bits per heavy atom. The van der Waals surface area contributed by atoms with Gasteiger partial charge in [-0.25, -0.2) is 8.42 Å². The maximum atomic E-state index is 10.4. The second-order valence-electron chi connectivity index (χ2n) is 5.47. The molecular formula is C18H30N2O5S. The van der Waals surface area contributed by atoms with E-state index in [-0.39, 0.29) is 4.90 Å². The lowest BCUT2D eigenvalue weighted by Crippen LogP contribution is -2.21. The van der Waals surface area contributed by atoms with Crippen LogP contribution in [-0.4, -0.2) is 63.3 Å². The zero-order chi connectivity index (χ0) is 20.2. The first kappa shape index (κ1) is 24.4. The molecule has 1 unspecified atom stereocenters. The highest BCUT2D eigenvalue weighted by atomic mass is 32.2. The van der Waals surface area contributed by atoms with E-state index in [1.807, 2.05) is 13.8 Å². The summed E-state index contributed by atoms with van der Waals surface area (Å²) in [5.41, 5.74) is 0.928. The molecule has 1 fully saturated rings. The van der Waals surface area contributed by atoms with Gasteiger partial charge in [-0.05, 0) is 33.0 Å². The lowest BCUT2D eigenvalue weighted by Gasteiger charge is -2.10. The molecule has 0 amide bonds. The van der Waals surface area contributed by atoms with Crippen LogP contribution in [0.5, 0.6) is 0 Å². The van der Waals surface area contributed by atoms with Gasteiger partial charge >= 0.3 is 0 Å². The number of nitrogens with zero attached hydrogens (tertiary/aromatic N) is 2. The topological polar surface area (TPSA) is 91.3 Å². The van der Waals surface area contributed by atoms with Gasteiger partial charge in [-0.1, -0.05) is 17.7 Å². The van der Waals surface area contributed by atoms with Crippen LogP contribution >= 0.6 is 0 Å². The molecule has 0 aromatic heterocycles. The van der Waals surface area contributed by atoms with Gasteiger partial charge in [-0.2, -0.15) is 0 Å². The fraction of sp³-hybridized carbons (Fsp3) is 0.556. The summed E-state index contributed by atoms with van der Waals surface area (Å²) in [4.78, 5) is 5.93. The fourth-order valence-electron chi connectivity index (χ4n) is 1.82. The first-order valence-electron chi connectivity index (χ1n) is 8.39. The zero-order valence-corrected chi connectivity index (χ0v) is 17.1. The minimum absolute atomic E-state index is 0.178. The highest BCUT2D eigenvalue weighted by Gasteiger charge is 2.14. The monoisotopic (exact) mass is 386 g/mol. The van der Waals surface area contributed by atoms with Gasteiger partial charge in [-0.3, -0.25) is 9.89 Å². The Bertz CT molecular complexity index is 621. The van der Waals surface area contributed by atoms with Crippen molar-refractivity contribution < 1.29 is 22.4 Å². The van der Waals surface area contributed by atoms with Gasteiger partial charge in [0.1, 0.15) is 23.0 Å². The molecule has 1 aromatic rings. The summed E-state index contributed by atoms with van der Waals surface area (Å²) < 4.78 is 41.3. The van der Waals surface area contributed by atoms with E-state index in [9.17, 15) is 13.0 Å². The van der Waals surface area contributed by atoms with Gasteiger partial charge in [0.05, 0.1) is 31.9 Å². The Hall–Kier alpha value is -1.61. The maximum absolute atomic E-state index is 10.4. The van der Waals surface area contributed by atoms with Crippen LogP contribution in [0.4, 0.5) is 0 Å². The molecule has 7 nitrogen and oxygen atoms in total. The maximum Gasteiger partial charge on any atom is 0.180 e. The lowest BCUT2D eigenvalue weighted by molar-refractivity contribution is 0.0625. The van der Waals surface area contributed by atoms with Crippen molar-refractivity contribution in [2.75, 3.05) is 33.4 Å². The summed E-state index contributed by atoms with van der Waals surface area (Å²) >= 11 is 0. The Kier molecular flexibility index (Phi) is 11.9. The number of ether oxygens (including phenoxy) is 2. The first-order chi connectivity index (χ1) is 12.2. The standard InChI is InChI=1S/C7H8O3S.C5H11NO.C4H7NO.C2H5/c1-6-2-4-7(5-3-6)11(8,9)10;1-5-6(2)3-4-7-5;1-4-5-2-3-6-4;1-2/h2-5H,1H3,(H,8,9,10);5H,3-4H2,1-2H3;2-3H2,1H3;1H2,2H3/q;;;+1/p-1. The van der Waals surface area contributed by atoms with Crippen molar-refractivity contribution in [2.24, 2.45) is 4.99 Å². The van der Waals surface area contributed by atoms with Crippen LogP contribution in [0, 0.1) is 13.8 Å². The summed E-state index contributed by atoms with van der Waals surface area (Å²) in [7, 11) is -2.20. The number of benzene rings is 1. The Balaban J connectivity index is 0.000000361. The molecule has 0 bridgehead atoms. The van der Waals surface area contributed by atoms with E-state index < -0.39 is 10.1 Å². The van der Waals surface area contributed by atoms with Gasteiger partial charge in [0.15, 0.2) is 5.90 Å². The molecule has 2 aliphatic rings. The molecule has 0 spiro atoms. The van der Waals surface area contributed by atoms with Gasteiger partial charge < -0.3 is 14.0 Å². The Morgan fingerprint density at radius 3 is 2.00 bits per heavy atom. The molecule has 0 aliphatic carbocycles. The minimum atomic E-state index is -4.27. The Morgan fingerprint density at radius 2 is 1.77 bits per heavy atom. The van der Waals surface area contributed by atoms with E-state index in [4.69, 9.17) is 9.47 Å². The van der Waals surface area contributed by atoms with E-state index in [1.54, 1.807) is 19.1 Å². The van der Waals surface area contributed by atoms with Crippen molar-refractivity contribution in [1.82, 2.24) is 4.90 Å². The van der Waals surface area contributed by atoms with Crippen molar-refractivity contribution in [1.29, 1.82) is 0 Å². The average Bonchev–Trinajstić information content (AvgIpc) is 3.22. The number of hydrogen-bond donors (Lipinski definition) is 0. The van der Waals surface area contributed by atoms with Crippen LogP contribution in [0.3, 0.4) is 0 Å². The zero-order valence-electron chi connectivity index (χ0n) is 16.3.